The molecule has 0 fully saturated rings. The van der Waals surface area contributed by atoms with Crippen LogP contribution in [0.25, 0.3) is 5.69 Å². The number of hydrogen-bond acceptors (Lipinski definition) is 5. The van der Waals surface area contributed by atoms with Crippen molar-refractivity contribution in [2.24, 2.45) is 11.7 Å². The molecule has 1 aromatic heterocycles. The lowest BCUT2D eigenvalue weighted by Crippen LogP contribution is -2.44. The zero-order valence-corrected chi connectivity index (χ0v) is 20.2. The smallest absolute Gasteiger partial charge is 0.257 e. The minimum absolute atomic E-state index is 0.245. The monoisotopic (exact) mass is 476 g/mol. The molecule has 9 nitrogen and oxygen atoms in total. The van der Waals surface area contributed by atoms with Gasteiger partial charge in [-0.15, -0.1) is 0 Å². The van der Waals surface area contributed by atoms with Gasteiger partial charge >= 0.3 is 0 Å². The zero-order chi connectivity index (χ0) is 25.5. The van der Waals surface area contributed by atoms with Gasteiger partial charge in [-0.05, 0) is 55.5 Å². The van der Waals surface area contributed by atoms with Crippen molar-refractivity contribution in [2.45, 2.75) is 45.7 Å². The predicted octanol–water partition coefficient (Wildman–Crippen LogP) is 2.97. The summed E-state index contributed by atoms with van der Waals surface area (Å²) in [4.78, 5) is 37.1. The SMILES string of the molecule is CC(C)CC[C@H](NC(=O)c1ccc(C(C)NC(=O)c2cnn(-c3ccccc3)c2N)cc1)C(N)=O. The Hall–Kier alpha value is -4.14. The van der Waals surface area contributed by atoms with Crippen LogP contribution in [-0.2, 0) is 4.79 Å². The predicted molar refractivity (Wildman–Crippen MR) is 135 cm³/mol. The molecule has 9 heteroatoms. The van der Waals surface area contributed by atoms with E-state index in [9.17, 15) is 14.4 Å². The van der Waals surface area contributed by atoms with E-state index in [0.29, 0.717) is 17.9 Å². The highest BCUT2D eigenvalue weighted by molar-refractivity contribution is 5.99. The van der Waals surface area contributed by atoms with Crippen molar-refractivity contribution in [3.8, 4) is 5.69 Å². The summed E-state index contributed by atoms with van der Waals surface area (Å²) in [5.41, 5.74) is 13.8. The van der Waals surface area contributed by atoms with Gasteiger partial charge in [-0.25, -0.2) is 4.68 Å². The maximum Gasteiger partial charge on any atom is 0.257 e. The Bertz CT molecular complexity index is 1170. The second kappa shape index (κ2) is 11.3. The summed E-state index contributed by atoms with van der Waals surface area (Å²) in [6, 6.07) is 15.1. The van der Waals surface area contributed by atoms with Crippen molar-refractivity contribution in [1.82, 2.24) is 20.4 Å². The molecule has 35 heavy (non-hydrogen) atoms. The number of nitrogens with two attached hydrogens (primary N) is 2. The Balaban J connectivity index is 1.63. The third-order valence-corrected chi connectivity index (χ3v) is 5.75. The molecule has 0 aliphatic carbocycles. The molecule has 0 bridgehead atoms. The van der Waals surface area contributed by atoms with Crippen LogP contribution in [0.2, 0.25) is 0 Å². The Morgan fingerprint density at radius 1 is 0.914 bits per heavy atom. The Kier molecular flexibility index (Phi) is 8.25. The van der Waals surface area contributed by atoms with Gasteiger partial charge in [0.05, 0.1) is 17.9 Å². The van der Waals surface area contributed by atoms with Crippen molar-refractivity contribution in [1.29, 1.82) is 0 Å². The number of hydrogen-bond donors (Lipinski definition) is 4. The average Bonchev–Trinajstić information content (AvgIpc) is 3.23. The molecule has 2 atom stereocenters. The maximum atomic E-state index is 12.8. The first-order valence-electron chi connectivity index (χ1n) is 11.6. The average molecular weight is 477 g/mol. The van der Waals surface area contributed by atoms with Crippen LogP contribution in [0.15, 0.2) is 60.8 Å². The molecule has 2 aromatic carbocycles. The van der Waals surface area contributed by atoms with E-state index in [1.54, 1.807) is 24.3 Å². The molecular formula is C26H32N6O3. The van der Waals surface area contributed by atoms with E-state index in [-0.39, 0.29) is 29.2 Å². The topological polar surface area (TPSA) is 145 Å². The van der Waals surface area contributed by atoms with Crippen molar-refractivity contribution in [2.75, 3.05) is 5.73 Å². The van der Waals surface area contributed by atoms with Gasteiger partial charge in [0.15, 0.2) is 0 Å². The number of amides is 3. The quantitative estimate of drug-likeness (QED) is 0.355. The lowest BCUT2D eigenvalue weighted by molar-refractivity contribution is -0.120. The molecule has 6 N–H and O–H groups in total. The van der Waals surface area contributed by atoms with Crippen LogP contribution < -0.4 is 22.1 Å². The van der Waals surface area contributed by atoms with Crippen LogP contribution in [0.1, 0.15) is 65.9 Å². The van der Waals surface area contributed by atoms with E-state index in [2.05, 4.69) is 15.7 Å². The second-order valence-corrected chi connectivity index (χ2v) is 8.91. The standard InChI is InChI=1S/C26H32N6O3/c1-16(2)9-14-22(24(28)33)31-25(34)19-12-10-18(11-13-19)17(3)30-26(35)21-15-29-32(23(21)27)20-7-5-4-6-8-20/h4-8,10-13,15-17,22H,9,14,27H2,1-3H3,(H2,28,33)(H,30,35)(H,31,34)/t17?,22-/m0/s1. The number of nitrogen functional groups attached to an aromatic ring is 1. The van der Waals surface area contributed by atoms with Gasteiger partial charge in [-0.2, -0.15) is 5.10 Å². The van der Waals surface area contributed by atoms with Gasteiger partial charge in [-0.3, -0.25) is 14.4 Å². The third-order valence-electron chi connectivity index (χ3n) is 5.75. The minimum atomic E-state index is -0.718. The number of nitrogens with one attached hydrogen (secondary N) is 2. The molecule has 1 heterocycles. The molecule has 0 radical (unpaired) electrons. The first-order valence-corrected chi connectivity index (χ1v) is 11.6. The number of anilines is 1. The Labute approximate surface area is 204 Å². The number of primary amides is 1. The number of carbonyl (C=O) groups excluding carboxylic acids is 3. The highest BCUT2D eigenvalue weighted by atomic mass is 16.2. The van der Waals surface area contributed by atoms with Crippen LogP contribution in [0.4, 0.5) is 5.82 Å². The molecule has 0 saturated carbocycles. The van der Waals surface area contributed by atoms with E-state index in [0.717, 1.165) is 17.7 Å². The first-order chi connectivity index (χ1) is 16.7. The molecule has 0 spiro atoms. The fourth-order valence-corrected chi connectivity index (χ4v) is 3.62. The molecule has 3 amide bonds. The highest BCUT2D eigenvalue weighted by Gasteiger charge is 2.21. The van der Waals surface area contributed by atoms with Crippen molar-refractivity contribution in [3.63, 3.8) is 0 Å². The fourth-order valence-electron chi connectivity index (χ4n) is 3.62. The minimum Gasteiger partial charge on any atom is -0.383 e. The van der Waals surface area contributed by atoms with Crippen molar-refractivity contribution >= 4 is 23.5 Å². The van der Waals surface area contributed by atoms with Gasteiger partial charge in [0, 0.05) is 5.56 Å². The number of nitrogens with zero attached hydrogens (tertiary/aromatic N) is 2. The van der Waals surface area contributed by atoms with Crippen LogP contribution in [0.5, 0.6) is 0 Å². The van der Waals surface area contributed by atoms with E-state index < -0.39 is 11.9 Å². The number of carbonyl (C=O) groups is 3. The van der Waals surface area contributed by atoms with E-state index >= 15 is 0 Å². The van der Waals surface area contributed by atoms with Crippen LogP contribution >= 0.6 is 0 Å². The second-order valence-electron chi connectivity index (χ2n) is 8.91. The first kappa shape index (κ1) is 25.5. The molecule has 0 saturated heterocycles. The van der Waals surface area contributed by atoms with Crippen LogP contribution in [0, 0.1) is 5.92 Å². The van der Waals surface area contributed by atoms with E-state index in [4.69, 9.17) is 11.5 Å². The lowest BCUT2D eigenvalue weighted by Gasteiger charge is -2.17. The van der Waals surface area contributed by atoms with Gasteiger partial charge in [0.25, 0.3) is 11.8 Å². The fraction of sp³-hybridized carbons (Fsp3) is 0.308. The Morgan fingerprint density at radius 3 is 2.17 bits per heavy atom. The maximum absolute atomic E-state index is 12.8. The van der Waals surface area contributed by atoms with E-state index in [1.807, 2.05) is 51.1 Å². The number of aromatic nitrogens is 2. The summed E-state index contributed by atoms with van der Waals surface area (Å²) in [5, 5.41) is 9.84. The van der Waals surface area contributed by atoms with Crippen molar-refractivity contribution in [3.05, 3.63) is 77.5 Å². The summed E-state index contributed by atoms with van der Waals surface area (Å²) in [6.45, 7) is 5.92. The summed E-state index contributed by atoms with van der Waals surface area (Å²) < 4.78 is 1.51. The van der Waals surface area contributed by atoms with Crippen molar-refractivity contribution < 1.29 is 14.4 Å². The van der Waals surface area contributed by atoms with Gasteiger partial charge < -0.3 is 22.1 Å². The van der Waals surface area contributed by atoms with Gasteiger partial charge in [-0.1, -0.05) is 44.2 Å². The molecule has 0 aliphatic heterocycles. The van der Waals surface area contributed by atoms with E-state index in [1.165, 1.54) is 10.9 Å². The van der Waals surface area contributed by atoms with Gasteiger partial charge in [0.1, 0.15) is 17.4 Å². The summed E-state index contributed by atoms with van der Waals surface area (Å²) >= 11 is 0. The summed E-state index contributed by atoms with van der Waals surface area (Å²) in [6.07, 6.45) is 2.70. The molecule has 0 aliphatic rings. The molecule has 3 rings (SSSR count). The Morgan fingerprint density at radius 2 is 1.57 bits per heavy atom. The molecular weight excluding hydrogens is 444 g/mol. The molecule has 1 unspecified atom stereocenters. The summed E-state index contributed by atoms with van der Waals surface area (Å²) in [5.74, 6) is -0.640. The normalized spacial score (nSPS) is 12.7. The zero-order valence-electron chi connectivity index (χ0n) is 20.2. The largest absolute Gasteiger partial charge is 0.383 e. The van der Waals surface area contributed by atoms with Gasteiger partial charge in [0.2, 0.25) is 5.91 Å². The highest BCUT2D eigenvalue weighted by Crippen LogP contribution is 2.19. The summed E-state index contributed by atoms with van der Waals surface area (Å²) in [7, 11) is 0. The number of rotatable bonds is 10. The third kappa shape index (κ3) is 6.47. The van der Waals surface area contributed by atoms with Crippen LogP contribution in [0.3, 0.4) is 0 Å². The number of benzene rings is 2. The lowest BCUT2D eigenvalue weighted by atomic mass is 10.0. The van der Waals surface area contributed by atoms with Crippen LogP contribution in [-0.4, -0.2) is 33.5 Å². The molecule has 184 valence electrons. The molecule has 3 aromatic rings. The number of para-hydroxylation sites is 1.